The second-order valence-corrected chi connectivity index (χ2v) is 2.71. The molecule has 1 aromatic rings. The van der Waals surface area contributed by atoms with Gasteiger partial charge in [0.25, 0.3) is 0 Å². The van der Waals surface area contributed by atoms with Crippen LogP contribution < -0.4 is 0 Å². The highest BCUT2D eigenvalue weighted by Crippen LogP contribution is 2.21. The molecular formula is C9H7F3O2. The molecule has 1 atom stereocenters. The maximum absolute atomic E-state index is 12.9. The number of aliphatic hydroxyl groups is 1. The monoisotopic (exact) mass is 204 g/mol. The number of carbonyl (C=O) groups is 1. The summed E-state index contributed by atoms with van der Waals surface area (Å²) in [5, 5.41) is 9.16. The molecule has 14 heavy (non-hydrogen) atoms. The van der Waals surface area contributed by atoms with Gasteiger partial charge >= 0.3 is 0 Å². The summed E-state index contributed by atoms with van der Waals surface area (Å²) < 4.78 is 38.0. The molecule has 76 valence electrons. The van der Waals surface area contributed by atoms with Gasteiger partial charge in [0, 0.05) is 18.1 Å². The van der Waals surface area contributed by atoms with Crippen LogP contribution >= 0.6 is 0 Å². The van der Waals surface area contributed by atoms with Crippen molar-refractivity contribution < 1.29 is 23.1 Å². The molecule has 0 fully saturated rings. The van der Waals surface area contributed by atoms with Gasteiger partial charge in [0.15, 0.2) is 11.6 Å². The topological polar surface area (TPSA) is 37.3 Å². The van der Waals surface area contributed by atoms with Gasteiger partial charge in [-0.2, -0.15) is 0 Å². The molecule has 1 N–H and O–H groups in total. The van der Waals surface area contributed by atoms with Crippen molar-refractivity contribution >= 4 is 6.29 Å². The zero-order valence-electron chi connectivity index (χ0n) is 7.01. The first-order valence-corrected chi connectivity index (χ1v) is 3.82. The van der Waals surface area contributed by atoms with Gasteiger partial charge in [0.1, 0.15) is 12.1 Å². The van der Waals surface area contributed by atoms with Gasteiger partial charge in [0.2, 0.25) is 0 Å². The molecule has 2 nitrogen and oxygen atoms in total. The number of carbonyl (C=O) groups excluding carboxylic acids is 1. The van der Waals surface area contributed by atoms with Crippen molar-refractivity contribution in [2.45, 2.75) is 12.5 Å². The quantitative estimate of drug-likeness (QED) is 0.601. The van der Waals surface area contributed by atoms with E-state index in [9.17, 15) is 18.0 Å². The summed E-state index contributed by atoms with van der Waals surface area (Å²) >= 11 is 0. The molecule has 5 heteroatoms. The van der Waals surface area contributed by atoms with Crippen LogP contribution in [0.3, 0.4) is 0 Å². The van der Waals surface area contributed by atoms with Crippen molar-refractivity contribution in [1.29, 1.82) is 0 Å². The summed E-state index contributed by atoms with van der Waals surface area (Å²) in [6, 6.07) is 0.873. The van der Waals surface area contributed by atoms with Gasteiger partial charge in [-0.1, -0.05) is 0 Å². The fraction of sp³-hybridized carbons (Fsp3) is 0.222. The highest BCUT2D eigenvalue weighted by Gasteiger charge is 2.16. The second kappa shape index (κ2) is 4.23. The lowest BCUT2D eigenvalue weighted by Gasteiger charge is -2.08. The molecule has 0 saturated carbocycles. The Labute approximate surface area is 78.0 Å². The van der Waals surface area contributed by atoms with Crippen LogP contribution in [0.25, 0.3) is 0 Å². The second-order valence-electron chi connectivity index (χ2n) is 2.71. The van der Waals surface area contributed by atoms with Crippen LogP contribution in [0.2, 0.25) is 0 Å². The Hall–Kier alpha value is -1.36. The predicted molar refractivity (Wildman–Crippen MR) is 42.0 cm³/mol. The number of benzene rings is 1. The summed E-state index contributed by atoms with van der Waals surface area (Å²) in [4.78, 5) is 10.0. The smallest absolute Gasteiger partial charge is 0.161 e. The molecule has 0 bridgehead atoms. The summed E-state index contributed by atoms with van der Waals surface area (Å²) in [6.45, 7) is 0. The Morgan fingerprint density at radius 1 is 1.21 bits per heavy atom. The lowest BCUT2D eigenvalue weighted by atomic mass is 10.1. The summed E-state index contributed by atoms with van der Waals surface area (Å²) in [5.74, 6) is -3.66. The zero-order chi connectivity index (χ0) is 10.7. The van der Waals surface area contributed by atoms with E-state index in [1.165, 1.54) is 0 Å². The van der Waals surface area contributed by atoms with Gasteiger partial charge in [0.05, 0.1) is 6.10 Å². The third kappa shape index (κ3) is 2.11. The number of aliphatic hydroxyl groups excluding tert-OH is 1. The number of hydrogen-bond donors (Lipinski definition) is 1. The lowest BCUT2D eigenvalue weighted by molar-refractivity contribution is -0.109. The van der Waals surface area contributed by atoms with E-state index in [0.29, 0.717) is 18.4 Å². The van der Waals surface area contributed by atoms with E-state index in [2.05, 4.69) is 0 Å². The molecule has 0 saturated heterocycles. The molecular weight excluding hydrogens is 197 g/mol. The Morgan fingerprint density at radius 2 is 1.79 bits per heavy atom. The first-order valence-electron chi connectivity index (χ1n) is 3.82. The van der Waals surface area contributed by atoms with Gasteiger partial charge in [-0.05, 0) is 6.07 Å². The standard InChI is InChI=1S/C9H7F3O2/c10-6-4-8(12)7(11)3-5(6)9(14)1-2-13/h2-4,9,14H,1H2. The van der Waals surface area contributed by atoms with Crippen molar-refractivity contribution in [3.8, 4) is 0 Å². The third-order valence-corrected chi connectivity index (χ3v) is 1.72. The SMILES string of the molecule is O=CCC(O)c1cc(F)c(F)cc1F. The van der Waals surface area contributed by atoms with Crippen LogP contribution in [0.15, 0.2) is 12.1 Å². The molecule has 1 rings (SSSR count). The van der Waals surface area contributed by atoms with Crippen LogP contribution in [0.1, 0.15) is 18.1 Å². The number of hydrogen-bond acceptors (Lipinski definition) is 2. The van der Waals surface area contributed by atoms with E-state index in [-0.39, 0.29) is 6.42 Å². The lowest BCUT2D eigenvalue weighted by Crippen LogP contribution is -2.03. The van der Waals surface area contributed by atoms with E-state index in [1.54, 1.807) is 0 Å². The number of halogens is 3. The van der Waals surface area contributed by atoms with Crippen molar-refractivity contribution in [3.05, 3.63) is 35.1 Å². The summed E-state index contributed by atoms with van der Waals surface area (Å²) in [6.07, 6.45) is -1.43. The van der Waals surface area contributed by atoms with Gasteiger partial charge in [-0.15, -0.1) is 0 Å². The zero-order valence-corrected chi connectivity index (χ0v) is 7.01. The first-order chi connectivity index (χ1) is 6.56. The van der Waals surface area contributed by atoms with Crippen LogP contribution in [0, 0.1) is 17.5 Å². The van der Waals surface area contributed by atoms with Gasteiger partial charge < -0.3 is 9.90 Å². The fourth-order valence-corrected chi connectivity index (χ4v) is 1.01. The maximum atomic E-state index is 12.9. The van der Waals surface area contributed by atoms with Crippen LogP contribution in [0.5, 0.6) is 0 Å². The van der Waals surface area contributed by atoms with Crippen LogP contribution in [0.4, 0.5) is 13.2 Å². The Balaban J connectivity index is 3.08. The van der Waals surface area contributed by atoms with E-state index in [4.69, 9.17) is 5.11 Å². The molecule has 0 amide bonds. The Morgan fingerprint density at radius 3 is 2.36 bits per heavy atom. The number of aldehydes is 1. The summed E-state index contributed by atoms with van der Waals surface area (Å²) in [5.41, 5.74) is -0.420. The van der Waals surface area contributed by atoms with Crippen molar-refractivity contribution in [3.63, 3.8) is 0 Å². The third-order valence-electron chi connectivity index (χ3n) is 1.72. The average molecular weight is 204 g/mol. The molecule has 0 spiro atoms. The average Bonchev–Trinajstić information content (AvgIpc) is 2.11. The Bertz CT molecular complexity index is 352. The van der Waals surface area contributed by atoms with E-state index in [1.807, 2.05) is 0 Å². The summed E-state index contributed by atoms with van der Waals surface area (Å²) in [7, 11) is 0. The predicted octanol–water partition coefficient (Wildman–Crippen LogP) is 1.73. The normalized spacial score (nSPS) is 12.6. The van der Waals surface area contributed by atoms with E-state index in [0.717, 1.165) is 0 Å². The molecule has 0 heterocycles. The minimum absolute atomic E-state index is 0.332. The van der Waals surface area contributed by atoms with Gasteiger partial charge in [-0.3, -0.25) is 0 Å². The fourth-order valence-electron chi connectivity index (χ4n) is 1.01. The van der Waals surface area contributed by atoms with E-state index < -0.39 is 29.1 Å². The largest absolute Gasteiger partial charge is 0.388 e. The highest BCUT2D eigenvalue weighted by molar-refractivity contribution is 5.51. The molecule has 0 radical (unpaired) electrons. The van der Waals surface area contributed by atoms with Gasteiger partial charge in [-0.25, -0.2) is 13.2 Å². The molecule has 0 aliphatic rings. The molecule has 1 unspecified atom stereocenters. The molecule has 0 aromatic heterocycles. The van der Waals surface area contributed by atoms with Crippen molar-refractivity contribution in [2.75, 3.05) is 0 Å². The minimum Gasteiger partial charge on any atom is -0.388 e. The maximum Gasteiger partial charge on any atom is 0.161 e. The van der Waals surface area contributed by atoms with Crippen molar-refractivity contribution in [2.24, 2.45) is 0 Å². The minimum atomic E-state index is -1.44. The highest BCUT2D eigenvalue weighted by atomic mass is 19.2. The Kier molecular flexibility index (Phi) is 3.24. The van der Waals surface area contributed by atoms with E-state index >= 15 is 0 Å². The first kappa shape index (κ1) is 10.7. The molecule has 1 aromatic carbocycles. The number of rotatable bonds is 3. The molecule has 0 aliphatic carbocycles. The molecule has 0 aliphatic heterocycles. The van der Waals surface area contributed by atoms with Crippen molar-refractivity contribution in [1.82, 2.24) is 0 Å². The van der Waals surface area contributed by atoms with Crippen LogP contribution in [-0.4, -0.2) is 11.4 Å². The van der Waals surface area contributed by atoms with Crippen LogP contribution in [-0.2, 0) is 4.79 Å².